The van der Waals surface area contributed by atoms with Crippen molar-refractivity contribution in [2.24, 2.45) is 0 Å². The number of phosphoric acid groups is 1. The number of ether oxygens (including phenoxy) is 2. The smallest absolute Gasteiger partial charge is 0.462 e. The van der Waals surface area contributed by atoms with Crippen LogP contribution in [-0.2, 0) is 32.7 Å². The van der Waals surface area contributed by atoms with Crippen LogP contribution in [-0.4, -0.2) is 98.3 Å². The van der Waals surface area contributed by atoms with Crippen LogP contribution in [0.5, 0.6) is 0 Å². The number of aliphatic hydroxyl groups excluding tert-OH is 5. The molecule has 0 amide bonds. The van der Waals surface area contributed by atoms with Gasteiger partial charge in [-0.25, -0.2) is 4.57 Å². The first-order chi connectivity index (χ1) is 30.9. The van der Waals surface area contributed by atoms with Gasteiger partial charge in [-0.15, -0.1) is 0 Å². The Kier molecular flexibility index (Phi) is 37.7. The molecule has 1 saturated carbocycles. The van der Waals surface area contributed by atoms with Gasteiger partial charge < -0.3 is 39.9 Å². The number of phosphoric ester groups is 1. The van der Waals surface area contributed by atoms with Crippen LogP contribution in [0, 0.1) is 0 Å². The molecule has 1 rings (SSSR count). The molecule has 0 saturated heterocycles. The summed E-state index contributed by atoms with van der Waals surface area (Å²) in [6.45, 7) is 3.28. The largest absolute Gasteiger partial charge is 0.472 e. The Bertz CT molecular complexity index is 1260. The molecule has 6 N–H and O–H groups in total. The van der Waals surface area contributed by atoms with E-state index in [0.717, 1.165) is 77.0 Å². The highest BCUT2D eigenvalue weighted by molar-refractivity contribution is 7.47. The fraction of sp³-hybridized carbons (Fsp3) is 0.840. The van der Waals surface area contributed by atoms with Gasteiger partial charge in [0.2, 0.25) is 0 Å². The van der Waals surface area contributed by atoms with Gasteiger partial charge >= 0.3 is 19.8 Å². The van der Waals surface area contributed by atoms with E-state index in [2.05, 4.69) is 50.3 Å². The first kappa shape index (κ1) is 60.1. The maximum absolute atomic E-state index is 12.8. The summed E-state index contributed by atoms with van der Waals surface area (Å²) in [4.78, 5) is 35.8. The quantitative estimate of drug-likeness (QED) is 0.0146. The number of hydrogen-bond acceptors (Lipinski definition) is 12. The van der Waals surface area contributed by atoms with Gasteiger partial charge in [0.1, 0.15) is 43.2 Å². The van der Waals surface area contributed by atoms with Crippen molar-refractivity contribution in [1.82, 2.24) is 0 Å². The average molecular weight is 931 g/mol. The Hall–Kier alpha value is -1.93. The van der Waals surface area contributed by atoms with Crippen molar-refractivity contribution in [2.45, 2.75) is 256 Å². The Morgan fingerprint density at radius 2 is 0.844 bits per heavy atom. The van der Waals surface area contributed by atoms with Gasteiger partial charge in [-0.05, 0) is 70.6 Å². The van der Waals surface area contributed by atoms with E-state index >= 15 is 0 Å². The predicted molar refractivity (Wildman–Crippen MR) is 253 cm³/mol. The number of unbranched alkanes of at least 4 members (excludes halogenated alkanes) is 24. The molecule has 1 aliphatic carbocycles. The predicted octanol–water partition coefficient (Wildman–Crippen LogP) is 10.6. The third kappa shape index (κ3) is 31.9. The number of hydrogen-bond donors (Lipinski definition) is 6. The highest BCUT2D eigenvalue weighted by Crippen LogP contribution is 2.47. The molecule has 0 bridgehead atoms. The lowest BCUT2D eigenvalue weighted by Gasteiger charge is -2.41. The number of esters is 2. The van der Waals surface area contributed by atoms with Crippen molar-refractivity contribution in [2.75, 3.05) is 13.2 Å². The van der Waals surface area contributed by atoms with E-state index in [0.29, 0.717) is 12.8 Å². The molecule has 0 aliphatic heterocycles. The number of allylic oxidation sites excluding steroid dienone is 6. The summed E-state index contributed by atoms with van der Waals surface area (Å²) in [6, 6.07) is 0. The SMILES string of the molecule is CCCCC/C=C\C/C=C\CCCCCCCCCCCC(=O)O[C@H](COC(=O)CCCCCCC/C=C\CCCCCCCCC)COP(=O)(O)OC1C(O)C(O)C(O)[C@@H](O)C1O. The lowest BCUT2D eigenvalue weighted by Crippen LogP contribution is -2.64. The lowest BCUT2D eigenvalue weighted by molar-refractivity contribution is -0.220. The van der Waals surface area contributed by atoms with Gasteiger partial charge in [0, 0.05) is 12.8 Å². The highest BCUT2D eigenvalue weighted by Gasteiger charge is 2.51. The molecule has 1 aliphatic rings. The number of rotatable bonds is 42. The van der Waals surface area contributed by atoms with Crippen molar-refractivity contribution in [3.05, 3.63) is 36.5 Å². The second kappa shape index (κ2) is 40.2. The molecule has 1 fully saturated rings. The molecule has 0 heterocycles. The maximum atomic E-state index is 12.8. The van der Waals surface area contributed by atoms with Gasteiger partial charge in [0.25, 0.3) is 0 Å². The van der Waals surface area contributed by atoms with E-state index < -0.39 is 75.7 Å². The molecule has 0 spiro atoms. The van der Waals surface area contributed by atoms with Crippen LogP contribution in [0.15, 0.2) is 36.5 Å². The third-order valence-corrected chi connectivity index (χ3v) is 12.7. The van der Waals surface area contributed by atoms with Crippen LogP contribution >= 0.6 is 7.82 Å². The molecular formula is C50H91O13P. The Morgan fingerprint density at radius 3 is 1.31 bits per heavy atom. The van der Waals surface area contributed by atoms with Crippen molar-refractivity contribution < 1.29 is 63.1 Å². The van der Waals surface area contributed by atoms with E-state index in [-0.39, 0.29) is 12.8 Å². The van der Waals surface area contributed by atoms with E-state index in [4.69, 9.17) is 18.5 Å². The first-order valence-corrected chi connectivity index (χ1v) is 26.8. The van der Waals surface area contributed by atoms with E-state index in [1.165, 1.54) is 96.3 Å². The second-order valence-corrected chi connectivity index (χ2v) is 19.1. The summed E-state index contributed by atoms with van der Waals surface area (Å²) < 4.78 is 33.6. The van der Waals surface area contributed by atoms with Gasteiger partial charge in [0.15, 0.2) is 6.10 Å². The topological polar surface area (TPSA) is 210 Å². The summed E-state index contributed by atoms with van der Waals surface area (Å²) >= 11 is 0. The molecule has 0 aromatic heterocycles. The molecule has 13 nitrogen and oxygen atoms in total. The zero-order valence-corrected chi connectivity index (χ0v) is 40.7. The summed E-state index contributed by atoms with van der Waals surface area (Å²) in [6.07, 6.45) is 33.3. The second-order valence-electron chi connectivity index (χ2n) is 17.7. The molecule has 6 unspecified atom stereocenters. The van der Waals surface area contributed by atoms with Crippen molar-refractivity contribution in [3.8, 4) is 0 Å². The summed E-state index contributed by atoms with van der Waals surface area (Å²) in [7, 11) is -5.12. The third-order valence-electron chi connectivity index (χ3n) is 11.7. The molecule has 8 atom stereocenters. The highest BCUT2D eigenvalue weighted by atomic mass is 31.2. The number of carbonyl (C=O) groups is 2. The van der Waals surface area contributed by atoms with Gasteiger partial charge in [-0.3, -0.25) is 18.6 Å². The zero-order chi connectivity index (χ0) is 47.1. The minimum Gasteiger partial charge on any atom is -0.462 e. The first-order valence-electron chi connectivity index (χ1n) is 25.3. The van der Waals surface area contributed by atoms with E-state index in [9.17, 15) is 44.6 Å². The Morgan fingerprint density at radius 1 is 0.484 bits per heavy atom. The lowest BCUT2D eigenvalue weighted by atomic mass is 9.85. The van der Waals surface area contributed by atoms with Gasteiger partial charge in [-0.1, -0.05) is 166 Å². The molecule has 64 heavy (non-hydrogen) atoms. The summed E-state index contributed by atoms with van der Waals surface area (Å²) in [5.41, 5.74) is 0. The minimum absolute atomic E-state index is 0.0907. The normalized spacial score (nSPS) is 21.8. The van der Waals surface area contributed by atoms with Crippen LogP contribution in [0.4, 0.5) is 0 Å². The maximum Gasteiger partial charge on any atom is 0.472 e. The summed E-state index contributed by atoms with van der Waals surface area (Å²) in [5.74, 6) is -1.11. The van der Waals surface area contributed by atoms with Crippen LogP contribution in [0.25, 0.3) is 0 Å². The number of carbonyl (C=O) groups excluding carboxylic acids is 2. The average Bonchev–Trinajstić information content (AvgIpc) is 3.28. The van der Waals surface area contributed by atoms with Crippen molar-refractivity contribution in [1.29, 1.82) is 0 Å². The molecule has 374 valence electrons. The number of aliphatic hydroxyl groups is 5. The van der Waals surface area contributed by atoms with Crippen molar-refractivity contribution >= 4 is 19.8 Å². The molecule has 0 aromatic rings. The fourth-order valence-corrected chi connectivity index (χ4v) is 8.58. The van der Waals surface area contributed by atoms with Crippen LogP contribution in [0.1, 0.15) is 213 Å². The van der Waals surface area contributed by atoms with Crippen LogP contribution < -0.4 is 0 Å². The molecule has 0 radical (unpaired) electrons. The Balaban J connectivity index is 2.42. The molecular weight excluding hydrogens is 840 g/mol. The fourth-order valence-electron chi connectivity index (χ4n) is 7.61. The zero-order valence-electron chi connectivity index (χ0n) is 39.8. The monoisotopic (exact) mass is 931 g/mol. The molecule has 0 aromatic carbocycles. The van der Waals surface area contributed by atoms with Crippen LogP contribution in [0.2, 0.25) is 0 Å². The van der Waals surface area contributed by atoms with E-state index in [1.807, 2.05) is 0 Å². The Labute approximate surface area is 387 Å². The molecule has 14 heteroatoms. The standard InChI is InChI=1S/C50H91O13P/c1-3-5-7-9-11-13-15-17-19-21-22-23-25-27-29-31-33-35-37-39-44(52)62-42(41-61-64(58,59)63-50-48(56)46(54)45(53)47(55)49(50)57)40-60-43(51)38-36-34-32-30-28-26-24-20-18-16-14-12-10-8-6-4-2/h11,13,17,19-20,24,42,45-50,53-57H,3-10,12,14-16,18,21-23,25-41H2,1-2H3,(H,58,59)/b13-11-,19-17-,24-20-/t42-,45?,46-,47?,48?,49?,50?/m1/s1. The summed E-state index contributed by atoms with van der Waals surface area (Å²) in [5, 5.41) is 50.2. The van der Waals surface area contributed by atoms with Crippen LogP contribution in [0.3, 0.4) is 0 Å². The van der Waals surface area contributed by atoms with Gasteiger partial charge in [-0.2, -0.15) is 0 Å². The van der Waals surface area contributed by atoms with Crippen molar-refractivity contribution in [3.63, 3.8) is 0 Å². The van der Waals surface area contributed by atoms with Gasteiger partial charge in [0.05, 0.1) is 6.61 Å². The van der Waals surface area contributed by atoms with E-state index in [1.54, 1.807) is 0 Å². The minimum atomic E-state index is -5.12.